The predicted molar refractivity (Wildman–Crippen MR) is 96.1 cm³/mol. The van der Waals surface area contributed by atoms with E-state index in [0.29, 0.717) is 12.2 Å². The number of nitrogens with zero attached hydrogens (tertiary/aromatic N) is 1. The molecule has 0 atom stereocenters. The first-order chi connectivity index (χ1) is 11.4. The molecule has 0 bridgehead atoms. The molecule has 7 heteroatoms. The van der Waals surface area contributed by atoms with Crippen molar-refractivity contribution >= 4 is 33.2 Å². The van der Waals surface area contributed by atoms with E-state index in [1.807, 2.05) is 6.92 Å². The first kappa shape index (κ1) is 18.3. The monoisotopic (exact) mass is 366 g/mol. The molecule has 1 amide bonds. The standard InChI is InChI=1S/C17H19ClN2O3S/c1-3-11-19-17(21)15-12-13(9-10-16(15)18)20(2)24(22,23)14-7-5-4-6-8-14/h4-10,12H,3,11H2,1-2H3,(H,19,21). The van der Waals surface area contributed by atoms with Crippen molar-refractivity contribution in [1.29, 1.82) is 0 Å². The van der Waals surface area contributed by atoms with Crippen molar-refractivity contribution in [3.05, 3.63) is 59.1 Å². The van der Waals surface area contributed by atoms with Crippen LogP contribution in [0, 0.1) is 0 Å². The molecule has 0 saturated carbocycles. The lowest BCUT2D eigenvalue weighted by Crippen LogP contribution is -2.28. The van der Waals surface area contributed by atoms with Crippen LogP contribution in [-0.2, 0) is 10.0 Å². The number of halogens is 1. The van der Waals surface area contributed by atoms with E-state index in [9.17, 15) is 13.2 Å². The van der Waals surface area contributed by atoms with Crippen LogP contribution in [-0.4, -0.2) is 27.9 Å². The smallest absolute Gasteiger partial charge is 0.264 e. The summed E-state index contributed by atoms with van der Waals surface area (Å²) >= 11 is 6.08. The second-order valence-corrected chi connectivity index (χ2v) is 7.58. The number of anilines is 1. The zero-order chi connectivity index (χ0) is 17.7. The van der Waals surface area contributed by atoms with Gasteiger partial charge in [0, 0.05) is 13.6 Å². The van der Waals surface area contributed by atoms with E-state index in [1.165, 1.54) is 31.3 Å². The Morgan fingerprint density at radius 2 is 1.83 bits per heavy atom. The van der Waals surface area contributed by atoms with Crippen molar-refractivity contribution in [3.63, 3.8) is 0 Å². The van der Waals surface area contributed by atoms with Gasteiger partial charge in [-0.05, 0) is 36.8 Å². The number of benzene rings is 2. The van der Waals surface area contributed by atoms with Crippen molar-refractivity contribution in [1.82, 2.24) is 5.32 Å². The summed E-state index contributed by atoms with van der Waals surface area (Å²) in [7, 11) is -2.26. The van der Waals surface area contributed by atoms with Gasteiger partial charge in [-0.25, -0.2) is 8.42 Å². The van der Waals surface area contributed by atoms with Crippen LogP contribution in [0.1, 0.15) is 23.7 Å². The molecule has 0 fully saturated rings. The van der Waals surface area contributed by atoms with Crippen molar-refractivity contribution in [3.8, 4) is 0 Å². The number of hydrogen-bond acceptors (Lipinski definition) is 3. The van der Waals surface area contributed by atoms with E-state index in [1.54, 1.807) is 24.3 Å². The van der Waals surface area contributed by atoms with Crippen LogP contribution in [0.25, 0.3) is 0 Å². The summed E-state index contributed by atoms with van der Waals surface area (Å²) in [5.74, 6) is -0.325. The highest BCUT2D eigenvalue weighted by atomic mass is 35.5. The molecule has 2 aromatic rings. The number of amides is 1. The van der Waals surface area contributed by atoms with Crippen molar-refractivity contribution < 1.29 is 13.2 Å². The number of nitrogens with one attached hydrogen (secondary N) is 1. The molecule has 0 spiro atoms. The largest absolute Gasteiger partial charge is 0.352 e. The minimum absolute atomic E-state index is 0.180. The molecule has 2 aromatic carbocycles. The van der Waals surface area contributed by atoms with Gasteiger partial charge in [-0.3, -0.25) is 9.10 Å². The molecule has 0 unspecified atom stereocenters. The number of hydrogen-bond donors (Lipinski definition) is 1. The van der Waals surface area contributed by atoms with E-state index in [-0.39, 0.29) is 21.4 Å². The fourth-order valence-corrected chi connectivity index (χ4v) is 3.52. The highest BCUT2D eigenvalue weighted by Gasteiger charge is 2.22. The number of sulfonamides is 1. The molecular formula is C17H19ClN2O3S. The van der Waals surface area contributed by atoms with Crippen LogP contribution < -0.4 is 9.62 Å². The molecule has 0 saturated heterocycles. The molecule has 1 N–H and O–H groups in total. The van der Waals surface area contributed by atoms with E-state index in [4.69, 9.17) is 11.6 Å². The fraction of sp³-hybridized carbons (Fsp3) is 0.235. The lowest BCUT2D eigenvalue weighted by atomic mass is 10.2. The maximum atomic E-state index is 12.7. The van der Waals surface area contributed by atoms with Gasteiger partial charge in [0.05, 0.1) is 21.2 Å². The molecule has 0 radical (unpaired) electrons. The zero-order valence-electron chi connectivity index (χ0n) is 13.5. The number of rotatable bonds is 6. The Morgan fingerprint density at radius 1 is 1.17 bits per heavy atom. The summed E-state index contributed by atoms with van der Waals surface area (Å²) in [6.45, 7) is 2.47. The third-order valence-electron chi connectivity index (χ3n) is 3.50. The Labute approximate surface area is 147 Å². The summed E-state index contributed by atoms with van der Waals surface area (Å²) < 4.78 is 26.5. The summed E-state index contributed by atoms with van der Waals surface area (Å²) in [5, 5.41) is 3.01. The first-order valence-corrected chi connectivity index (χ1v) is 9.31. The molecular weight excluding hydrogens is 348 g/mol. The summed E-state index contributed by atoms with van der Waals surface area (Å²) in [6.07, 6.45) is 0.797. The third-order valence-corrected chi connectivity index (χ3v) is 5.62. The Balaban J connectivity index is 2.37. The molecule has 5 nitrogen and oxygen atoms in total. The van der Waals surface area contributed by atoms with Crippen LogP contribution in [0.15, 0.2) is 53.4 Å². The second kappa shape index (κ2) is 7.68. The third kappa shape index (κ3) is 3.88. The van der Waals surface area contributed by atoms with Gasteiger partial charge in [0.2, 0.25) is 0 Å². The molecule has 128 valence electrons. The summed E-state index contributed by atoms with van der Waals surface area (Å²) in [5.41, 5.74) is 0.614. The average molecular weight is 367 g/mol. The van der Waals surface area contributed by atoms with Crippen molar-refractivity contribution in [2.45, 2.75) is 18.2 Å². The molecule has 0 heterocycles. The maximum absolute atomic E-state index is 12.7. The second-order valence-electron chi connectivity index (χ2n) is 5.21. The minimum Gasteiger partial charge on any atom is -0.352 e. The van der Waals surface area contributed by atoms with Gasteiger partial charge in [-0.2, -0.15) is 0 Å². The van der Waals surface area contributed by atoms with Crippen LogP contribution in [0.2, 0.25) is 5.02 Å². The highest BCUT2D eigenvalue weighted by molar-refractivity contribution is 7.92. The van der Waals surface area contributed by atoms with E-state index >= 15 is 0 Å². The quantitative estimate of drug-likeness (QED) is 0.852. The SMILES string of the molecule is CCCNC(=O)c1cc(N(C)S(=O)(=O)c2ccccc2)ccc1Cl. The van der Waals surface area contributed by atoms with Gasteiger partial charge in [0.25, 0.3) is 15.9 Å². The van der Waals surface area contributed by atoms with E-state index in [2.05, 4.69) is 5.32 Å². The van der Waals surface area contributed by atoms with E-state index < -0.39 is 10.0 Å². The van der Waals surface area contributed by atoms with Crippen molar-refractivity contribution in [2.75, 3.05) is 17.9 Å². The lowest BCUT2D eigenvalue weighted by Gasteiger charge is -2.20. The number of carbonyl (C=O) groups is 1. The lowest BCUT2D eigenvalue weighted by molar-refractivity contribution is 0.0954. The zero-order valence-corrected chi connectivity index (χ0v) is 15.1. The molecule has 2 rings (SSSR count). The highest BCUT2D eigenvalue weighted by Crippen LogP contribution is 2.26. The first-order valence-electron chi connectivity index (χ1n) is 7.49. The van der Waals surface area contributed by atoms with Crippen LogP contribution in [0.4, 0.5) is 5.69 Å². The van der Waals surface area contributed by atoms with Crippen LogP contribution in [0.3, 0.4) is 0 Å². The maximum Gasteiger partial charge on any atom is 0.264 e. The average Bonchev–Trinajstić information content (AvgIpc) is 2.60. The fourth-order valence-electron chi connectivity index (χ4n) is 2.11. The van der Waals surface area contributed by atoms with Gasteiger partial charge in [-0.1, -0.05) is 36.7 Å². The van der Waals surface area contributed by atoms with Gasteiger partial charge in [0.15, 0.2) is 0 Å². The van der Waals surface area contributed by atoms with Crippen molar-refractivity contribution in [2.24, 2.45) is 0 Å². The molecule has 0 aromatic heterocycles. The molecule has 0 aliphatic rings. The van der Waals surface area contributed by atoms with Gasteiger partial charge < -0.3 is 5.32 Å². The number of carbonyl (C=O) groups excluding carboxylic acids is 1. The summed E-state index contributed by atoms with van der Waals surface area (Å²) in [4.78, 5) is 12.3. The minimum atomic E-state index is -3.71. The normalized spacial score (nSPS) is 11.1. The Bertz CT molecular complexity index is 823. The Morgan fingerprint density at radius 3 is 2.46 bits per heavy atom. The van der Waals surface area contributed by atoms with Gasteiger partial charge in [0.1, 0.15) is 0 Å². The predicted octanol–water partition coefficient (Wildman–Crippen LogP) is 3.30. The Hall–Kier alpha value is -2.05. The van der Waals surface area contributed by atoms with Gasteiger partial charge in [-0.15, -0.1) is 0 Å². The van der Waals surface area contributed by atoms with Crippen LogP contribution in [0.5, 0.6) is 0 Å². The molecule has 0 aliphatic heterocycles. The Kier molecular flexibility index (Phi) is 5.85. The van der Waals surface area contributed by atoms with E-state index in [0.717, 1.165) is 10.7 Å². The van der Waals surface area contributed by atoms with Crippen LogP contribution >= 0.6 is 11.6 Å². The van der Waals surface area contributed by atoms with Gasteiger partial charge >= 0.3 is 0 Å². The molecule has 24 heavy (non-hydrogen) atoms. The topological polar surface area (TPSA) is 66.5 Å². The molecule has 0 aliphatic carbocycles. The summed E-state index contributed by atoms with van der Waals surface area (Å²) in [6, 6.07) is 12.7.